The van der Waals surface area contributed by atoms with Gasteiger partial charge in [0.15, 0.2) is 0 Å². The van der Waals surface area contributed by atoms with Crippen LogP contribution in [0.1, 0.15) is 15.9 Å². The highest BCUT2D eigenvalue weighted by Crippen LogP contribution is 2.12. The lowest BCUT2D eigenvalue weighted by molar-refractivity contribution is -0.121. The van der Waals surface area contributed by atoms with Crippen LogP contribution in [0.4, 0.5) is 0 Å². The van der Waals surface area contributed by atoms with E-state index in [2.05, 4.69) is 26.8 Å². The zero-order chi connectivity index (χ0) is 15.2. The number of amides is 2. The third kappa shape index (κ3) is 4.61. The third-order valence-electron chi connectivity index (χ3n) is 2.68. The van der Waals surface area contributed by atoms with Gasteiger partial charge in [-0.2, -0.15) is 0 Å². The average Bonchev–Trinajstić information content (AvgIpc) is 2.45. The first kappa shape index (κ1) is 15.1. The van der Waals surface area contributed by atoms with Crippen LogP contribution in [0.25, 0.3) is 0 Å². The SMILES string of the molecule is O=C(Cc1cccc(O)c1)NNC(=O)c1cccc(Br)c1. The van der Waals surface area contributed by atoms with E-state index in [1.165, 1.54) is 12.1 Å². The molecule has 0 aliphatic heterocycles. The number of hydrazine groups is 1. The van der Waals surface area contributed by atoms with Gasteiger partial charge < -0.3 is 5.11 Å². The predicted molar refractivity (Wildman–Crippen MR) is 81.6 cm³/mol. The van der Waals surface area contributed by atoms with Gasteiger partial charge in [-0.25, -0.2) is 0 Å². The largest absolute Gasteiger partial charge is 0.508 e. The molecule has 0 aromatic heterocycles. The van der Waals surface area contributed by atoms with E-state index in [4.69, 9.17) is 0 Å². The minimum absolute atomic E-state index is 0.0627. The van der Waals surface area contributed by atoms with Crippen LogP contribution >= 0.6 is 15.9 Å². The smallest absolute Gasteiger partial charge is 0.269 e. The molecule has 2 rings (SSSR count). The molecule has 2 aromatic carbocycles. The summed E-state index contributed by atoms with van der Waals surface area (Å²) in [5.74, 6) is -0.678. The van der Waals surface area contributed by atoms with Crippen molar-refractivity contribution >= 4 is 27.7 Å². The van der Waals surface area contributed by atoms with E-state index in [9.17, 15) is 14.7 Å². The van der Waals surface area contributed by atoms with Gasteiger partial charge >= 0.3 is 0 Å². The summed E-state index contributed by atoms with van der Waals surface area (Å²) in [4.78, 5) is 23.5. The van der Waals surface area contributed by atoms with Crippen LogP contribution < -0.4 is 10.9 Å². The quantitative estimate of drug-likeness (QED) is 0.743. The Labute approximate surface area is 130 Å². The van der Waals surface area contributed by atoms with Crippen molar-refractivity contribution in [2.24, 2.45) is 0 Å². The van der Waals surface area contributed by atoms with E-state index in [1.807, 2.05) is 0 Å². The maximum Gasteiger partial charge on any atom is 0.269 e. The first-order valence-electron chi connectivity index (χ1n) is 6.17. The van der Waals surface area contributed by atoms with E-state index in [-0.39, 0.29) is 18.1 Å². The number of benzene rings is 2. The number of carbonyl (C=O) groups is 2. The predicted octanol–water partition coefficient (Wildman–Crippen LogP) is 2.16. The molecule has 0 radical (unpaired) electrons. The van der Waals surface area contributed by atoms with Crippen molar-refractivity contribution in [3.63, 3.8) is 0 Å². The Morgan fingerprint density at radius 2 is 1.81 bits per heavy atom. The van der Waals surface area contributed by atoms with Crippen LogP contribution in [-0.4, -0.2) is 16.9 Å². The molecule has 21 heavy (non-hydrogen) atoms. The third-order valence-corrected chi connectivity index (χ3v) is 3.17. The minimum Gasteiger partial charge on any atom is -0.508 e. The van der Waals surface area contributed by atoms with Gasteiger partial charge in [0.05, 0.1) is 6.42 Å². The van der Waals surface area contributed by atoms with Crippen molar-refractivity contribution in [3.05, 3.63) is 64.1 Å². The van der Waals surface area contributed by atoms with Crippen molar-refractivity contribution in [3.8, 4) is 5.75 Å². The van der Waals surface area contributed by atoms with Gasteiger partial charge in [-0.1, -0.05) is 34.1 Å². The molecule has 0 unspecified atom stereocenters. The van der Waals surface area contributed by atoms with Crippen LogP contribution in [0, 0.1) is 0 Å². The van der Waals surface area contributed by atoms with Gasteiger partial charge in [-0.3, -0.25) is 20.4 Å². The summed E-state index contributed by atoms with van der Waals surface area (Å²) in [5, 5.41) is 9.31. The van der Waals surface area contributed by atoms with E-state index in [1.54, 1.807) is 36.4 Å². The lowest BCUT2D eigenvalue weighted by Crippen LogP contribution is -2.42. The molecule has 2 aromatic rings. The van der Waals surface area contributed by atoms with Crippen molar-refractivity contribution in [1.82, 2.24) is 10.9 Å². The zero-order valence-electron chi connectivity index (χ0n) is 11.0. The number of aromatic hydroxyl groups is 1. The van der Waals surface area contributed by atoms with E-state index >= 15 is 0 Å². The highest BCUT2D eigenvalue weighted by Gasteiger charge is 2.08. The Morgan fingerprint density at radius 1 is 1.05 bits per heavy atom. The Balaban J connectivity index is 1.88. The lowest BCUT2D eigenvalue weighted by atomic mass is 10.1. The van der Waals surface area contributed by atoms with Crippen molar-refractivity contribution in [2.45, 2.75) is 6.42 Å². The monoisotopic (exact) mass is 348 g/mol. The molecule has 2 amide bonds. The summed E-state index contributed by atoms with van der Waals surface area (Å²) in [6.07, 6.45) is 0.0627. The van der Waals surface area contributed by atoms with Crippen LogP contribution in [0.3, 0.4) is 0 Å². The fourth-order valence-electron chi connectivity index (χ4n) is 1.72. The number of carbonyl (C=O) groups excluding carboxylic acids is 2. The lowest BCUT2D eigenvalue weighted by Gasteiger charge is -2.08. The number of halogens is 1. The van der Waals surface area contributed by atoms with Crippen molar-refractivity contribution < 1.29 is 14.7 Å². The molecule has 6 heteroatoms. The molecule has 0 saturated heterocycles. The van der Waals surface area contributed by atoms with Crippen LogP contribution in [0.15, 0.2) is 53.0 Å². The Morgan fingerprint density at radius 3 is 2.52 bits per heavy atom. The standard InChI is InChI=1S/C15H13BrN2O3/c16-12-5-2-4-11(9-12)15(21)18-17-14(20)8-10-3-1-6-13(19)7-10/h1-7,9,19H,8H2,(H,17,20)(H,18,21). The second-order valence-electron chi connectivity index (χ2n) is 4.36. The summed E-state index contributed by atoms with van der Waals surface area (Å²) in [6.45, 7) is 0. The summed E-state index contributed by atoms with van der Waals surface area (Å²) in [7, 11) is 0. The normalized spacial score (nSPS) is 9.95. The Bertz CT molecular complexity index is 673. The summed E-state index contributed by atoms with van der Waals surface area (Å²) in [5.41, 5.74) is 5.76. The van der Waals surface area contributed by atoms with Gasteiger partial charge in [0.2, 0.25) is 5.91 Å². The number of phenolic OH excluding ortho intramolecular Hbond substituents is 1. The second kappa shape index (κ2) is 6.90. The van der Waals surface area contributed by atoms with Gasteiger partial charge in [0.25, 0.3) is 5.91 Å². The number of hydrogen-bond acceptors (Lipinski definition) is 3. The summed E-state index contributed by atoms with van der Waals surface area (Å²) in [6, 6.07) is 13.2. The number of nitrogens with one attached hydrogen (secondary N) is 2. The molecule has 0 spiro atoms. The van der Waals surface area contributed by atoms with Crippen molar-refractivity contribution in [2.75, 3.05) is 0 Å². The number of hydrogen-bond donors (Lipinski definition) is 3. The number of phenols is 1. The van der Waals surface area contributed by atoms with Gasteiger partial charge in [0, 0.05) is 10.0 Å². The Hall–Kier alpha value is -2.34. The average molecular weight is 349 g/mol. The topological polar surface area (TPSA) is 78.4 Å². The van der Waals surface area contributed by atoms with E-state index < -0.39 is 5.91 Å². The molecule has 0 aliphatic carbocycles. The molecule has 0 aliphatic rings. The first-order valence-corrected chi connectivity index (χ1v) is 6.96. The molecule has 0 fully saturated rings. The van der Waals surface area contributed by atoms with E-state index in [0.717, 1.165) is 4.47 Å². The van der Waals surface area contributed by atoms with Gasteiger partial charge in [0.1, 0.15) is 5.75 Å². The molecule has 5 nitrogen and oxygen atoms in total. The van der Waals surface area contributed by atoms with Crippen LogP contribution in [0.2, 0.25) is 0 Å². The molecular formula is C15H13BrN2O3. The molecule has 0 atom stereocenters. The van der Waals surface area contributed by atoms with Crippen LogP contribution in [-0.2, 0) is 11.2 Å². The van der Waals surface area contributed by atoms with Crippen molar-refractivity contribution in [1.29, 1.82) is 0 Å². The Kier molecular flexibility index (Phi) is 4.94. The maximum atomic E-state index is 11.8. The molecule has 0 bridgehead atoms. The second-order valence-corrected chi connectivity index (χ2v) is 5.28. The minimum atomic E-state index is -0.402. The number of rotatable bonds is 3. The molecule has 0 heterocycles. The van der Waals surface area contributed by atoms with Gasteiger partial charge in [-0.15, -0.1) is 0 Å². The summed E-state index contributed by atoms with van der Waals surface area (Å²) < 4.78 is 0.779. The van der Waals surface area contributed by atoms with Gasteiger partial charge in [-0.05, 0) is 35.9 Å². The van der Waals surface area contributed by atoms with E-state index in [0.29, 0.717) is 11.1 Å². The fraction of sp³-hybridized carbons (Fsp3) is 0.0667. The maximum absolute atomic E-state index is 11.8. The molecular weight excluding hydrogens is 336 g/mol. The molecule has 0 saturated carbocycles. The highest BCUT2D eigenvalue weighted by molar-refractivity contribution is 9.10. The first-order chi connectivity index (χ1) is 10.0. The molecule has 3 N–H and O–H groups in total. The zero-order valence-corrected chi connectivity index (χ0v) is 12.6. The van der Waals surface area contributed by atoms with Crippen LogP contribution in [0.5, 0.6) is 5.75 Å². The highest BCUT2D eigenvalue weighted by atomic mass is 79.9. The fourth-order valence-corrected chi connectivity index (χ4v) is 2.12. The summed E-state index contributed by atoms with van der Waals surface area (Å²) >= 11 is 3.27. The molecule has 108 valence electrons.